The molecule has 0 amide bonds. The highest BCUT2D eigenvalue weighted by atomic mass is 16.8. The van der Waals surface area contributed by atoms with Gasteiger partial charge in [-0.1, -0.05) is 0 Å². The molecule has 0 aromatic carbocycles. The zero-order valence-electron chi connectivity index (χ0n) is 49.2. The molecule has 0 aromatic rings. The van der Waals surface area contributed by atoms with Gasteiger partial charge in [0.15, 0.2) is 56.6 Å². The quantitative estimate of drug-likeness (QED) is 0.0479. The average Bonchev–Trinajstić information content (AvgIpc) is 0.782. The summed E-state index contributed by atoms with van der Waals surface area (Å²) in [6.07, 6.45) is -84.5. The lowest BCUT2D eigenvalue weighted by molar-refractivity contribution is -0.397. The first kappa shape index (κ1) is 76.5. The second-order valence-corrected chi connectivity index (χ2v) is 24.0. The van der Waals surface area contributed by atoms with Crippen molar-refractivity contribution < 1.29 is 213 Å². The number of hydrogen-bond donors (Lipinski definition) is 26. The van der Waals surface area contributed by atoms with Crippen molar-refractivity contribution in [3.8, 4) is 0 Å². The van der Waals surface area contributed by atoms with Gasteiger partial charge in [0.05, 0.1) is 59.5 Å². The molecule has 0 aromatic heterocycles. The molecule has 548 valence electrons. The molecule has 9 aliphatic rings. The van der Waals surface area contributed by atoms with Crippen molar-refractivity contribution in [2.45, 2.75) is 258 Å². The minimum Gasteiger partial charge on any atom is -0.394 e. The number of aliphatic hydroxyl groups excluding tert-OH is 26. The predicted molar refractivity (Wildman–Crippen MR) is 279 cm³/mol. The van der Waals surface area contributed by atoms with Crippen molar-refractivity contribution in [2.24, 2.45) is 0 Å². The SMILES string of the molecule is OCC1OC(OC2C(OCC3OC(O[C@@H]4C(CO[C@@H]5OC[C@@H](O)[C@H](O)C5O[C@@H]5OC(CO)[C@H](O)[C@H](O)C5O)O[C@@H](O[C@@H]5C(CO)OC(O)C(O)[C@H]5O)C(O)[C@H]4O)C(O)[C@@H](O)[C@@H]3O[C@@H]3OC(CO[C@H]4OC[C@@H](O)[C@H](O)C4O)[C@@H](O)[C@H](O)C3O)OC[C@@H](O)C2O)C(O)C(O)[C@H]1O. The normalized spacial score (nSPS) is 53.9. The summed E-state index contributed by atoms with van der Waals surface area (Å²) in [5.41, 5.74) is 0. The summed E-state index contributed by atoms with van der Waals surface area (Å²) in [5.74, 6) is 0. The lowest BCUT2D eigenvalue weighted by Gasteiger charge is -2.49. The molecular formula is C51H86O43. The van der Waals surface area contributed by atoms with Crippen molar-refractivity contribution in [1.29, 1.82) is 0 Å². The van der Waals surface area contributed by atoms with Gasteiger partial charge in [0, 0.05) is 0 Å². The molecule has 9 fully saturated rings. The van der Waals surface area contributed by atoms with Crippen molar-refractivity contribution in [3.63, 3.8) is 0 Å². The van der Waals surface area contributed by atoms with Gasteiger partial charge in [-0.3, -0.25) is 0 Å². The molecule has 0 spiro atoms. The zero-order valence-corrected chi connectivity index (χ0v) is 49.2. The van der Waals surface area contributed by atoms with E-state index in [0.717, 1.165) is 0 Å². The fourth-order valence-electron chi connectivity index (χ4n) is 11.8. The Morgan fingerprint density at radius 2 is 0.500 bits per heavy atom. The van der Waals surface area contributed by atoms with Gasteiger partial charge in [-0.25, -0.2) is 0 Å². The van der Waals surface area contributed by atoms with Crippen LogP contribution >= 0.6 is 0 Å². The largest absolute Gasteiger partial charge is 0.394 e. The van der Waals surface area contributed by atoms with E-state index in [-0.39, 0.29) is 0 Å². The first-order valence-corrected chi connectivity index (χ1v) is 29.9. The lowest BCUT2D eigenvalue weighted by Crippen LogP contribution is -2.68. The molecule has 0 radical (unpaired) electrons. The maximum Gasteiger partial charge on any atom is 0.187 e. The Kier molecular flexibility index (Phi) is 26.8. The average molecular weight is 1390 g/mol. The summed E-state index contributed by atoms with van der Waals surface area (Å²) in [6.45, 7) is -7.83. The maximum absolute atomic E-state index is 12.1. The van der Waals surface area contributed by atoms with E-state index in [1.54, 1.807) is 0 Å². The van der Waals surface area contributed by atoms with Gasteiger partial charge in [0.25, 0.3) is 0 Å². The van der Waals surface area contributed by atoms with E-state index in [2.05, 4.69) is 0 Å². The van der Waals surface area contributed by atoms with Crippen LogP contribution in [0.4, 0.5) is 0 Å². The molecular weight excluding hydrogens is 1300 g/mol. The highest BCUT2D eigenvalue weighted by Crippen LogP contribution is 2.38. The van der Waals surface area contributed by atoms with Gasteiger partial charge >= 0.3 is 0 Å². The van der Waals surface area contributed by atoms with E-state index in [4.69, 9.17) is 80.5 Å². The van der Waals surface area contributed by atoms with E-state index in [0.29, 0.717) is 0 Å². The smallest absolute Gasteiger partial charge is 0.187 e. The second kappa shape index (κ2) is 32.9. The minimum absolute atomic E-state index is 0.534. The third-order valence-electron chi connectivity index (χ3n) is 17.5. The molecule has 0 bridgehead atoms. The molecule has 43 nitrogen and oxygen atoms in total. The molecule has 9 rings (SSSR count). The van der Waals surface area contributed by atoms with E-state index < -0.39 is 318 Å². The number of ether oxygens (including phenoxy) is 17. The Morgan fingerprint density at radius 1 is 0.223 bits per heavy atom. The second-order valence-electron chi connectivity index (χ2n) is 24.0. The van der Waals surface area contributed by atoms with Crippen LogP contribution in [-0.4, -0.2) is 450 Å². The van der Waals surface area contributed by atoms with Crippen LogP contribution in [-0.2, 0) is 80.5 Å². The lowest BCUT2D eigenvalue weighted by atomic mass is 9.95. The van der Waals surface area contributed by atoms with Gasteiger partial charge in [-0.15, -0.1) is 0 Å². The van der Waals surface area contributed by atoms with Gasteiger partial charge in [0.2, 0.25) is 0 Å². The molecule has 43 heteroatoms. The van der Waals surface area contributed by atoms with Crippen LogP contribution in [0, 0.1) is 0 Å². The fraction of sp³-hybridized carbons (Fsp3) is 1.00. The molecule has 0 aliphatic carbocycles. The Bertz CT molecular complexity index is 2290. The molecule has 42 atom stereocenters. The molecule has 21 unspecified atom stereocenters. The van der Waals surface area contributed by atoms with Gasteiger partial charge in [-0.05, 0) is 0 Å². The summed E-state index contributed by atoms with van der Waals surface area (Å²) >= 11 is 0. The van der Waals surface area contributed by atoms with Gasteiger partial charge in [0.1, 0.15) is 201 Å². The third-order valence-corrected chi connectivity index (χ3v) is 17.5. The first-order chi connectivity index (χ1) is 44.5. The van der Waals surface area contributed by atoms with Crippen molar-refractivity contribution >= 4 is 0 Å². The van der Waals surface area contributed by atoms with Crippen LogP contribution in [0.1, 0.15) is 0 Å². The topological polar surface area (TPSA) is 683 Å². The Labute approximate surface area is 530 Å². The van der Waals surface area contributed by atoms with Gasteiger partial charge < -0.3 is 213 Å². The minimum atomic E-state index is -2.48. The summed E-state index contributed by atoms with van der Waals surface area (Å²) in [6, 6.07) is 0. The van der Waals surface area contributed by atoms with E-state index in [1.807, 2.05) is 0 Å². The summed E-state index contributed by atoms with van der Waals surface area (Å²) in [5, 5.41) is 280. The van der Waals surface area contributed by atoms with Crippen molar-refractivity contribution in [1.82, 2.24) is 0 Å². The standard InChI is InChI=1S/C51H86O43/c52-1-13-22(61)25(64)33(72)45(85-13)93-41-20(59)11(56)5-79-50(41)82-8-17-39(91-47-35(74)27(66)24(63)16(87-47)7-81-44-32(71)19(58)10(55)4-78-44)30(69)37(76)49(89-17)92-40-18(88-48(36(75)29(40)68)90-38-15(3-54)84-43(77)31(70)28(38)67)9-83-51-42(21(60)12(57)6-80-51)94-46-34(73)26(65)23(62)14(2-53)86-46/h10-77H,1-9H2/t10-,11-,12-,13?,14?,15?,16?,17?,18?,19+,20?,21+,22+,23+,24-,25?,26+,27+,28-,29-,30-,31?,32?,33?,34?,35?,36?,37?,38-,39-,40-,41?,42?,43?,44-,45?,46+,47+,48+,49?,50?,51+/m1/s1. The Morgan fingerprint density at radius 3 is 0.894 bits per heavy atom. The van der Waals surface area contributed by atoms with Crippen LogP contribution in [0.5, 0.6) is 0 Å². The highest BCUT2D eigenvalue weighted by Gasteiger charge is 2.58. The zero-order chi connectivity index (χ0) is 68.6. The Balaban J connectivity index is 1.00. The van der Waals surface area contributed by atoms with Crippen LogP contribution in [0.2, 0.25) is 0 Å². The molecule has 26 N–H and O–H groups in total. The van der Waals surface area contributed by atoms with Gasteiger partial charge in [-0.2, -0.15) is 0 Å². The van der Waals surface area contributed by atoms with E-state index in [9.17, 15) is 133 Å². The molecule has 94 heavy (non-hydrogen) atoms. The highest BCUT2D eigenvalue weighted by molar-refractivity contribution is 5.00. The monoisotopic (exact) mass is 1390 g/mol. The first-order valence-electron chi connectivity index (χ1n) is 29.9. The third kappa shape index (κ3) is 16.3. The van der Waals surface area contributed by atoms with E-state index >= 15 is 0 Å². The maximum atomic E-state index is 12.1. The predicted octanol–water partition coefficient (Wildman–Crippen LogP) is -18.7. The Hall–Kier alpha value is -1.72. The van der Waals surface area contributed by atoms with Crippen molar-refractivity contribution in [2.75, 3.05) is 59.5 Å². The summed E-state index contributed by atoms with van der Waals surface area (Å²) < 4.78 is 97.1. The molecule has 9 saturated heterocycles. The summed E-state index contributed by atoms with van der Waals surface area (Å²) in [4.78, 5) is 0. The number of rotatable bonds is 22. The van der Waals surface area contributed by atoms with Crippen LogP contribution in [0.25, 0.3) is 0 Å². The van der Waals surface area contributed by atoms with Crippen LogP contribution in [0.15, 0.2) is 0 Å². The molecule has 9 aliphatic heterocycles. The number of aliphatic hydroxyl groups is 26. The summed E-state index contributed by atoms with van der Waals surface area (Å²) in [7, 11) is 0. The van der Waals surface area contributed by atoms with Crippen LogP contribution in [0.3, 0.4) is 0 Å². The van der Waals surface area contributed by atoms with Crippen molar-refractivity contribution in [3.05, 3.63) is 0 Å². The fourth-order valence-corrected chi connectivity index (χ4v) is 11.8. The molecule has 9 heterocycles. The van der Waals surface area contributed by atoms with Crippen LogP contribution < -0.4 is 0 Å². The van der Waals surface area contributed by atoms with E-state index in [1.165, 1.54) is 0 Å². The number of hydrogen-bond acceptors (Lipinski definition) is 43. The molecule has 0 saturated carbocycles.